The number of halogens is 1. The van der Waals surface area contributed by atoms with Crippen LogP contribution in [0.1, 0.15) is 52.4 Å². The number of aliphatic carboxylic acids is 1. The van der Waals surface area contributed by atoms with Crippen LogP contribution in [-0.2, 0) is 9.59 Å². The second kappa shape index (κ2) is 10.00. The van der Waals surface area contributed by atoms with E-state index >= 15 is 0 Å². The zero-order valence-corrected chi connectivity index (χ0v) is 13.2. The fraction of sp³-hybridized carbons (Fsp3) is 0.857. The van der Waals surface area contributed by atoms with Crippen LogP contribution in [0.5, 0.6) is 0 Å². The lowest BCUT2D eigenvalue weighted by Crippen LogP contribution is -2.46. The Morgan fingerprint density at radius 2 is 1.85 bits per heavy atom. The third-order valence-corrected chi connectivity index (χ3v) is 3.77. The molecule has 20 heavy (non-hydrogen) atoms. The smallest absolute Gasteiger partial charge is 0.320 e. The van der Waals surface area contributed by atoms with Gasteiger partial charge in [0.25, 0.3) is 0 Å². The molecule has 0 bridgehead atoms. The number of amides is 1. The van der Waals surface area contributed by atoms with E-state index in [1.54, 1.807) is 0 Å². The van der Waals surface area contributed by atoms with Crippen molar-refractivity contribution >= 4 is 24.3 Å². The van der Waals surface area contributed by atoms with E-state index in [2.05, 4.69) is 17.6 Å². The summed E-state index contributed by atoms with van der Waals surface area (Å²) in [5, 5.41) is 14.8. The first kappa shape index (κ1) is 19.2. The number of carbonyl (C=O) groups is 2. The molecular formula is C14H27ClN2O3. The number of hydrogen-bond acceptors (Lipinski definition) is 3. The predicted molar refractivity (Wildman–Crippen MR) is 81.1 cm³/mol. The summed E-state index contributed by atoms with van der Waals surface area (Å²) in [4.78, 5) is 22.7. The highest BCUT2D eigenvalue weighted by Crippen LogP contribution is 2.23. The molecule has 0 aromatic rings. The normalized spacial score (nSPS) is 23.5. The first-order chi connectivity index (χ1) is 9.02. The molecule has 0 aromatic heterocycles. The van der Waals surface area contributed by atoms with E-state index in [4.69, 9.17) is 5.11 Å². The number of carbonyl (C=O) groups excluding carboxylic acids is 1. The second-order valence-corrected chi connectivity index (χ2v) is 5.58. The van der Waals surface area contributed by atoms with Gasteiger partial charge >= 0.3 is 5.97 Å². The average molecular weight is 307 g/mol. The molecule has 1 saturated carbocycles. The summed E-state index contributed by atoms with van der Waals surface area (Å²) in [6.45, 7) is 4.26. The van der Waals surface area contributed by atoms with Crippen molar-refractivity contribution in [1.29, 1.82) is 0 Å². The van der Waals surface area contributed by atoms with Crippen molar-refractivity contribution in [3.8, 4) is 0 Å². The maximum absolute atomic E-state index is 11.8. The van der Waals surface area contributed by atoms with E-state index in [9.17, 15) is 9.59 Å². The molecular weight excluding hydrogens is 280 g/mol. The Hall–Kier alpha value is -0.810. The Morgan fingerprint density at radius 3 is 2.35 bits per heavy atom. The summed E-state index contributed by atoms with van der Waals surface area (Å²) in [5.74, 6) is -0.227. The van der Waals surface area contributed by atoms with E-state index in [0.29, 0.717) is 6.42 Å². The summed E-state index contributed by atoms with van der Waals surface area (Å²) in [7, 11) is 0. The van der Waals surface area contributed by atoms with E-state index < -0.39 is 12.0 Å². The lowest BCUT2D eigenvalue weighted by atomic mass is 9.87. The lowest BCUT2D eigenvalue weighted by Gasteiger charge is -2.27. The van der Waals surface area contributed by atoms with Crippen LogP contribution in [0.3, 0.4) is 0 Å². The van der Waals surface area contributed by atoms with Crippen LogP contribution in [0.25, 0.3) is 0 Å². The lowest BCUT2D eigenvalue weighted by molar-refractivity contribution is -0.139. The minimum Gasteiger partial charge on any atom is -0.480 e. The van der Waals surface area contributed by atoms with Gasteiger partial charge in [0.1, 0.15) is 6.04 Å². The van der Waals surface area contributed by atoms with Crippen LogP contribution in [0, 0.1) is 5.92 Å². The maximum atomic E-state index is 11.8. The van der Waals surface area contributed by atoms with Crippen molar-refractivity contribution < 1.29 is 14.7 Å². The van der Waals surface area contributed by atoms with Crippen molar-refractivity contribution in [2.45, 2.75) is 64.5 Å². The van der Waals surface area contributed by atoms with Crippen LogP contribution in [0.15, 0.2) is 0 Å². The van der Waals surface area contributed by atoms with Crippen LogP contribution >= 0.6 is 12.4 Å². The number of carboxylic acids is 1. The molecule has 0 heterocycles. The molecule has 0 radical (unpaired) electrons. The van der Waals surface area contributed by atoms with Gasteiger partial charge in [0.15, 0.2) is 0 Å². The van der Waals surface area contributed by atoms with Gasteiger partial charge in [-0.05, 0) is 38.0 Å². The van der Waals surface area contributed by atoms with Crippen molar-refractivity contribution in [3.63, 3.8) is 0 Å². The monoisotopic (exact) mass is 306 g/mol. The number of hydrogen-bond donors (Lipinski definition) is 3. The molecule has 0 saturated heterocycles. The van der Waals surface area contributed by atoms with Gasteiger partial charge in [0, 0.05) is 6.04 Å². The highest BCUT2D eigenvalue weighted by atomic mass is 35.5. The molecule has 0 spiro atoms. The third-order valence-electron chi connectivity index (χ3n) is 3.77. The molecule has 1 aliphatic carbocycles. The van der Waals surface area contributed by atoms with Gasteiger partial charge < -0.3 is 10.4 Å². The van der Waals surface area contributed by atoms with Gasteiger partial charge in [-0.2, -0.15) is 0 Å². The van der Waals surface area contributed by atoms with Gasteiger partial charge in [-0.25, -0.2) is 0 Å². The zero-order chi connectivity index (χ0) is 14.3. The minimum absolute atomic E-state index is 0. The average Bonchev–Trinajstić information content (AvgIpc) is 2.37. The fourth-order valence-corrected chi connectivity index (χ4v) is 2.50. The van der Waals surface area contributed by atoms with E-state index in [0.717, 1.165) is 38.0 Å². The summed E-state index contributed by atoms with van der Waals surface area (Å²) < 4.78 is 0. The van der Waals surface area contributed by atoms with Crippen LogP contribution in [-0.4, -0.2) is 35.6 Å². The fourth-order valence-electron chi connectivity index (χ4n) is 2.50. The number of rotatable bonds is 7. The van der Waals surface area contributed by atoms with Gasteiger partial charge in [-0.15, -0.1) is 12.4 Å². The Kier molecular flexibility index (Phi) is 9.59. The first-order valence-electron chi connectivity index (χ1n) is 7.28. The number of carboxylic acid groups (broad SMARTS) is 1. The molecule has 0 aromatic carbocycles. The molecule has 1 fully saturated rings. The Bertz CT molecular complexity index is 305. The van der Waals surface area contributed by atoms with E-state index in [-0.39, 0.29) is 30.9 Å². The zero-order valence-electron chi connectivity index (χ0n) is 12.4. The Balaban J connectivity index is 0.00000361. The molecule has 1 rings (SSSR count). The van der Waals surface area contributed by atoms with Gasteiger partial charge in [0.05, 0.1) is 6.54 Å². The van der Waals surface area contributed by atoms with Gasteiger partial charge in [-0.1, -0.05) is 20.3 Å². The minimum atomic E-state index is -0.888. The Labute approximate surface area is 127 Å². The SMILES string of the molecule is CCCC(NCC(=O)NC1CCC(C)CC1)C(=O)O.Cl. The molecule has 3 N–H and O–H groups in total. The number of nitrogens with one attached hydrogen (secondary N) is 2. The van der Waals surface area contributed by atoms with Crippen LogP contribution < -0.4 is 10.6 Å². The predicted octanol–water partition coefficient (Wildman–Crippen LogP) is 1.95. The molecule has 1 amide bonds. The van der Waals surface area contributed by atoms with Crippen molar-refractivity contribution in [2.75, 3.05) is 6.54 Å². The van der Waals surface area contributed by atoms with Crippen molar-refractivity contribution in [3.05, 3.63) is 0 Å². The molecule has 0 aliphatic heterocycles. The summed E-state index contributed by atoms with van der Waals surface area (Å²) in [6, 6.07) is -0.359. The topological polar surface area (TPSA) is 78.4 Å². The Morgan fingerprint density at radius 1 is 1.25 bits per heavy atom. The van der Waals surface area contributed by atoms with Gasteiger partial charge in [-0.3, -0.25) is 14.9 Å². The van der Waals surface area contributed by atoms with E-state index in [1.165, 1.54) is 0 Å². The molecule has 1 atom stereocenters. The molecule has 1 aliphatic rings. The van der Waals surface area contributed by atoms with Crippen LogP contribution in [0.4, 0.5) is 0 Å². The molecule has 1 unspecified atom stereocenters. The highest BCUT2D eigenvalue weighted by molar-refractivity contribution is 5.85. The van der Waals surface area contributed by atoms with Crippen molar-refractivity contribution in [1.82, 2.24) is 10.6 Å². The standard InChI is InChI=1S/C14H26N2O3.ClH/c1-3-4-12(14(18)19)15-9-13(17)16-11-7-5-10(2)6-8-11;/h10-12,15H,3-9H2,1-2H3,(H,16,17)(H,18,19);1H. The molecule has 5 nitrogen and oxygen atoms in total. The van der Waals surface area contributed by atoms with Crippen LogP contribution in [0.2, 0.25) is 0 Å². The molecule has 6 heteroatoms. The summed E-state index contributed by atoms with van der Waals surface area (Å²) in [5.41, 5.74) is 0. The quantitative estimate of drug-likeness (QED) is 0.672. The van der Waals surface area contributed by atoms with Gasteiger partial charge in [0.2, 0.25) is 5.91 Å². The second-order valence-electron chi connectivity index (χ2n) is 5.58. The summed E-state index contributed by atoms with van der Waals surface area (Å²) in [6.07, 6.45) is 5.71. The maximum Gasteiger partial charge on any atom is 0.320 e. The van der Waals surface area contributed by atoms with Crippen molar-refractivity contribution in [2.24, 2.45) is 5.92 Å². The summed E-state index contributed by atoms with van der Waals surface area (Å²) >= 11 is 0. The molecule has 118 valence electrons. The highest BCUT2D eigenvalue weighted by Gasteiger charge is 2.21. The first-order valence-corrected chi connectivity index (χ1v) is 7.28. The third kappa shape index (κ3) is 7.10. The van der Waals surface area contributed by atoms with E-state index in [1.807, 2.05) is 6.92 Å². The largest absolute Gasteiger partial charge is 0.480 e.